The molecule has 1 aromatic carbocycles. The zero-order valence-corrected chi connectivity index (χ0v) is 12.4. The Hall–Kier alpha value is -2.40. The minimum Gasteiger partial charge on any atom is -0.397 e. The van der Waals surface area contributed by atoms with Gasteiger partial charge in [-0.05, 0) is 31.2 Å². The van der Waals surface area contributed by atoms with Crippen molar-refractivity contribution in [2.75, 3.05) is 5.73 Å². The highest BCUT2D eigenvalue weighted by Crippen LogP contribution is 2.34. The van der Waals surface area contributed by atoms with Crippen LogP contribution in [0.2, 0.25) is 0 Å². The van der Waals surface area contributed by atoms with Crippen LogP contribution in [0, 0.1) is 6.92 Å². The van der Waals surface area contributed by atoms with E-state index in [1.54, 1.807) is 6.20 Å². The quantitative estimate of drug-likeness (QED) is 0.780. The number of nitrogens with zero attached hydrogens (tertiary/aromatic N) is 1. The highest BCUT2D eigenvalue weighted by atomic mass is 32.1. The van der Waals surface area contributed by atoms with Gasteiger partial charge in [0, 0.05) is 16.3 Å². The maximum absolute atomic E-state index is 12.3. The monoisotopic (exact) mass is 297 g/mol. The zero-order chi connectivity index (χ0) is 14.8. The van der Waals surface area contributed by atoms with Gasteiger partial charge in [0.15, 0.2) is 0 Å². The predicted molar refractivity (Wildman–Crippen MR) is 86.4 cm³/mol. The van der Waals surface area contributed by atoms with E-state index in [0.29, 0.717) is 17.1 Å². The molecule has 4 nitrogen and oxygen atoms in total. The molecule has 3 rings (SSSR count). The minimum absolute atomic E-state index is 0.156. The Labute approximate surface area is 126 Å². The van der Waals surface area contributed by atoms with Gasteiger partial charge >= 0.3 is 0 Å². The number of nitrogens with one attached hydrogen (secondary N) is 1. The Morgan fingerprint density at radius 3 is 2.95 bits per heavy atom. The first-order valence-corrected chi connectivity index (χ1v) is 7.43. The standard InChI is InChI=1S/C16H15N3OS/c1-10-5-6-13-12(8-10)14(17)15(21-13)16(20)19-9-11-4-2-3-7-18-11/h2-8H,9,17H2,1H3,(H,19,20). The number of carbonyl (C=O) groups excluding carboxylic acids is 1. The first kappa shape index (κ1) is 13.6. The van der Waals surface area contributed by atoms with Gasteiger partial charge in [-0.2, -0.15) is 0 Å². The molecule has 0 atom stereocenters. The highest BCUT2D eigenvalue weighted by Gasteiger charge is 2.16. The summed E-state index contributed by atoms with van der Waals surface area (Å²) in [6.45, 7) is 2.41. The van der Waals surface area contributed by atoms with E-state index in [-0.39, 0.29) is 5.91 Å². The number of nitrogen functional groups attached to an aromatic ring is 1. The maximum atomic E-state index is 12.3. The van der Waals surface area contributed by atoms with Crippen LogP contribution in [0.4, 0.5) is 5.69 Å². The predicted octanol–water partition coefficient (Wildman–Crippen LogP) is 3.12. The summed E-state index contributed by atoms with van der Waals surface area (Å²) in [6, 6.07) is 11.6. The number of pyridine rings is 1. The van der Waals surface area contributed by atoms with Crippen LogP contribution >= 0.6 is 11.3 Å². The number of nitrogens with two attached hydrogens (primary N) is 1. The van der Waals surface area contributed by atoms with Crippen molar-refractivity contribution < 1.29 is 4.79 Å². The summed E-state index contributed by atoms with van der Waals surface area (Å²) in [5.41, 5.74) is 8.62. The third kappa shape index (κ3) is 2.73. The molecule has 1 amide bonds. The molecule has 0 aliphatic carbocycles. The average Bonchev–Trinajstić information content (AvgIpc) is 2.83. The third-order valence-corrected chi connectivity index (χ3v) is 4.43. The second-order valence-electron chi connectivity index (χ2n) is 4.85. The van der Waals surface area contributed by atoms with Crippen molar-refractivity contribution in [3.8, 4) is 0 Å². The second-order valence-corrected chi connectivity index (χ2v) is 5.90. The number of hydrogen-bond acceptors (Lipinski definition) is 4. The van der Waals surface area contributed by atoms with Crippen molar-refractivity contribution in [3.05, 3.63) is 58.7 Å². The van der Waals surface area contributed by atoms with Crippen molar-refractivity contribution in [1.29, 1.82) is 0 Å². The van der Waals surface area contributed by atoms with Crippen LogP contribution in [0.5, 0.6) is 0 Å². The molecule has 3 N–H and O–H groups in total. The number of aromatic nitrogens is 1. The lowest BCUT2D eigenvalue weighted by Gasteiger charge is -2.03. The Balaban J connectivity index is 1.83. The summed E-state index contributed by atoms with van der Waals surface area (Å²) in [7, 11) is 0. The lowest BCUT2D eigenvalue weighted by molar-refractivity contribution is 0.0955. The van der Waals surface area contributed by atoms with Gasteiger partial charge in [0.25, 0.3) is 5.91 Å². The fourth-order valence-electron chi connectivity index (χ4n) is 2.15. The number of hydrogen-bond donors (Lipinski definition) is 2. The summed E-state index contributed by atoms with van der Waals surface area (Å²) in [5.74, 6) is -0.156. The van der Waals surface area contributed by atoms with Gasteiger partial charge in [-0.25, -0.2) is 0 Å². The van der Waals surface area contributed by atoms with Crippen LogP contribution < -0.4 is 11.1 Å². The van der Waals surface area contributed by atoms with Crippen LogP contribution in [0.15, 0.2) is 42.6 Å². The van der Waals surface area contributed by atoms with E-state index in [1.165, 1.54) is 11.3 Å². The number of carbonyl (C=O) groups is 1. The molecule has 2 aromatic heterocycles. The number of anilines is 1. The molecular formula is C16H15N3OS. The largest absolute Gasteiger partial charge is 0.397 e. The van der Waals surface area contributed by atoms with Crippen LogP contribution in [-0.4, -0.2) is 10.9 Å². The zero-order valence-electron chi connectivity index (χ0n) is 11.6. The van der Waals surface area contributed by atoms with E-state index in [4.69, 9.17) is 5.73 Å². The first-order chi connectivity index (χ1) is 10.1. The number of amides is 1. The van der Waals surface area contributed by atoms with Crippen LogP contribution in [0.3, 0.4) is 0 Å². The Kier molecular flexibility index (Phi) is 3.58. The summed E-state index contributed by atoms with van der Waals surface area (Å²) >= 11 is 1.42. The smallest absolute Gasteiger partial charge is 0.263 e. The molecule has 0 unspecified atom stereocenters. The molecule has 0 bridgehead atoms. The fourth-order valence-corrected chi connectivity index (χ4v) is 3.17. The van der Waals surface area contributed by atoms with Crippen molar-refractivity contribution >= 4 is 33.0 Å². The lowest BCUT2D eigenvalue weighted by Crippen LogP contribution is -2.23. The van der Waals surface area contributed by atoms with Crippen molar-refractivity contribution in [1.82, 2.24) is 10.3 Å². The van der Waals surface area contributed by atoms with E-state index in [0.717, 1.165) is 21.3 Å². The fraction of sp³-hybridized carbons (Fsp3) is 0.125. The molecule has 2 heterocycles. The van der Waals surface area contributed by atoms with Crippen molar-refractivity contribution in [3.63, 3.8) is 0 Å². The molecule has 21 heavy (non-hydrogen) atoms. The van der Waals surface area contributed by atoms with Gasteiger partial charge < -0.3 is 11.1 Å². The molecule has 3 aromatic rings. The van der Waals surface area contributed by atoms with Gasteiger partial charge in [-0.3, -0.25) is 9.78 Å². The maximum Gasteiger partial charge on any atom is 0.263 e. The molecule has 0 spiro atoms. The number of fused-ring (bicyclic) bond motifs is 1. The Morgan fingerprint density at radius 2 is 2.19 bits per heavy atom. The Bertz CT molecular complexity index is 796. The second kappa shape index (κ2) is 5.54. The lowest BCUT2D eigenvalue weighted by atomic mass is 10.1. The number of benzene rings is 1. The van der Waals surface area contributed by atoms with Gasteiger partial charge in [0.1, 0.15) is 4.88 Å². The van der Waals surface area contributed by atoms with Gasteiger partial charge in [-0.15, -0.1) is 11.3 Å². The van der Waals surface area contributed by atoms with Gasteiger partial charge in [-0.1, -0.05) is 17.7 Å². The molecule has 0 saturated heterocycles. The van der Waals surface area contributed by atoms with Crippen molar-refractivity contribution in [2.45, 2.75) is 13.5 Å². The summed E-state index contributed by atoms with van der Waals surface area (Å²) in [5, 5.41) is 3.81. The average molecular weight is 297 g/mol. The molecule has 5 heteroatoms. The number of thiophene rings is 1. The van der Waals surface area contributed by atoms with E-state index in [2.05, 4.69) is 10.3 Å². The topological polar surface area (TPSA) is 68.0 Å². The van der Waals surface area contributed by atoms with Gasteiger partial charge in [0.2, 0.25) is 0 Å². The Morgan fingerprint density at radius 1 is 1.33 bits per heavy atom. The number of rotatable bonds is 3. The minimum atomic E-state index is -0.156. The molecule has 0 fully saturated rings. The van der Waals surface area contributed by atoms with Crippen molar-refractivity contribution in [2.24, 2.45) is 0 Å². The van der Waals surface area contributed by atoms with E-state index >= 15 is 0 Å². The van der Waals surface area contributed by atoms with E-state index in [1.807, 2.05) is 43.3 Å². The van der Waals surface area contributed by atoms with E-state index < -0.39 is 0 Å². The highest BCUT2D eigenvalue weighted by molar-refractivity contribution is 7.21. The summed E-state index contributed by atoms with van der Waals surface area (Å²) < 4.78 is 1.03. The van der Waals surface area contributed by atoms with Crippen LogP contribution in [0.1, 0.15) is 20.9 Å². The van der Waals surface area contributed by atoms with E-state index in [9.17, 15) is 4.79 Å². The van der Waals surface area contributed by atoms with Crippen LogP contribution in [-0.2, 0) is 6.54 Å². The molecule has 0 aliphatic heterocycles. The molecule has 0 aliphatic rings. The molecule has 106 valence electrons. The molecule has 0 saturated carbocycles. The summed E-state index contributed by atoms with van der Waals surface area (Å²) in [6.07, 6.45) is 1.71. The van der Waals surface area contributed by atoms with Gasteiger partial charge in [0.05, 0.1) is 17.9 Å². The SMILES string of the molecule is Cc1ccc2sc(C(=O)NCc3ccccn3)c(N)c2c1. The molecule has 0 radical (unpaired) electrons. The number of aryl methyl sites for hydroxylation is 1. The van der Waals surface area contributed by atoms with Crippen LogP contribution in [0.25, 0.3) is 10.1 Å². The summed E-state index contributed by atoms with van der Waals surface area (Å²) in [4.78, 5) is 17.0. The first-order valence-electron chi connectivity index (χ1n) is 6.62. The third-order valence-electron chi connectivity index (χ3n) is 3.24. The molecular weight excluding hydrogens is 282 g/mol. The normalized spacial score (nSPS) is 10.7.